The van der Waals surface area contributed by atoms with Crippen molar-refractivity contribution in [3.63, 3.8) is 0 Å². The number of amides is 1. The van der Waals surface area contributed by atoms with Gasteiger partial charge in [-0.3, -0.25) is 4.79 Å². The first-order valence-electron chi connectivity index (χ1n) is 9.25. The highest BCUT2D eigenvalue weighted by molar-refractivity contribution is 6.09. The van der Waals surface area contributed by atoms with Crippen LogP contribution in [-0.2, 0) is 4.79 Å². The molecule has 0 atom stereocenters. The van der Waals surface area contributed by atoms with E-state index in [9.17, 15) is 10.1 Å². The second-order valence-electron chi connectivity index (χ2n) is 6.91. The third-order valence-corrected chi connectivity index (χ3v) is 4.83. The molecule has 1 heterocycles. The number of anilines is 1. The second-order valence-corrected chi connectivity index (χ2v) is 6.91. The van der Waals surface area contributed by atoms with Crippen LogP contribution in [0, 0.1) is 32.1 Å². The van der Waals surface area contributed by atoms with Gasteiger partial charge in [-0.2, -0.15) is 5.26 Å². The Bertz CT molecular complexity index is 1120. The molecule has 0 unspecified atom stereocenters. The fourth-order valence-corrected chi connectivity index (χ4v) is 3.03. The Morgan fingerprint density at radius 1 is 1.07 bits per heavy atom. The molecule has 5 heteroatoms. The highest BCUT2D eigenvalue weighted by atomic mass is 16.5. The number of rotatable bonds is 5. The molecule has 0 fully saturated rings. The summed E-state index contributed by atoms with van der Waals surface area (Å²) in [5, 5.41) is 12.3. The third-order valence-electron chi connectivity index (χ3n) is 4.83. The summed E-state index contributed by atoms with van der Waals surface area (Å²) >= 11 is 0. The Morgan fingerprint density at radius 3 is 2.41 bits per heavy atom. The van der Waals surface area contributed by atoms with Gasteiger partial charge >= 0.3 is 0 Å². The summed E-state index contributed by atoms with van der Waals surface area (Å²) in [4.78, 5) is 12.6. The summed E-state index contributed by atoms with van der Waals surface area (Å²) in [6.45, 7) is 5.97. The summed E-state index contributed by atoms with van der Waals surface area (Å²) in [6, 6.07) is 17.3. The molecule has 0 aliphatic carbocycles. The fourth-order valence-electron chi connectivity index (χ4n) is 3.03. The normalized spacial score (nSPS) is 11.1. The highest BCUT2D eigenvalue weighted by Crippen LogP contribution is 2.21. The van der Waals surface area contributed by atoms with Gasteiger partial charge in [-0.15, -0.1) is 0 Å². The van der Waals surface area contributed by atoms with Crippen LogP contribution in [0.2, 0.25) is 0 Å². The molecular weight excluding hydrogens is 362 g/mol. The molecular formula is C24H23N3O2. The summed E-state index contributed by atoms with van der Waals surface area (Å²) in [6.07, 6.45) is 3.50. The maximum atomic E-state index is 12.6. The lowest BCUT2D eigenvalue weighted by Crippen LogP contribution is -2.13. The van der Waals surface area contributed by atoms with Crippen molar-refractivity contribution >= 4 is 17.7 Å². The van der Waals surface area contributed by atoms with Crippen molar-refractivity contribution in [3.8, 4) is 17.5 Å². The lowest BCUT2D eigenvalue weighted by molar-refractivity contribution is -0.112. The van der Waals surface area contributed by atoms with Crippen molar-refractivity contribution in [1.82, 2.24) is 4.57 Å². The number of aryl methyl sites for hydroxylation is 3. The van der Waals surface area contributed by atoms with Crippen LogP contribution >= 0.6 is 0 Å². The van der Waals surface area contributed by atoms with E-state index in [0.29, 0.717) is 5.69 Å². The van der Waals surface area contributed by atoms with Gasteiger partial charge in [-0.1, -0.05) is 6.07 Å². The number of nitrogens with one attached hydrogen (secondary N) is 1. The molecule has 3 rings (SSSR count). The Hall–Kier alpha value is -3.78. The number of aromatic nitrogens is 1. The van der Waals surface area contributed by atoms with E-state index in [1.54, 1.807) is 13.2 Å². The van der Waals surface area contributed by atoms with Crippen LogP contribution in [0.1, 0.15) is 22.4 Å². The van der Waals surface area contributed by atoms with Crippen LogP contribution in [0.3, 0.4) is 0 Å². The number of carbonyl (C=O) groups is 1. The van der Waals surface area contributed by atoms with Crippen LogP contribution in [0.5, 0.6) is 5.75 Å². The summed E-state index contributed by atoms with van der Waals surface area (Å²) in [5.41, 5.74) is 5.70. The maximum Gasteiger partial charge on any atom is 0.266 e. The van der Waals surface area contributed by atoms with Gasteiger partial charge in [0.15, 0.2) is 0 Å². The molecule has 0 aliphatic rings. The molecule has 5 nitrogen and oxygen atoms in total. The predicted molar refractivity (Wildman–Crippen MR) is 115 cm³/mol. The smallest absolute Gasteiger partial charge is 0.266 e. The minimum absolute atomic E-state index is 0.0510. The summed E-state index contributed by atoms with van der Waals surface area (Å²) in [5.74, 6) is 0.360. The van der Waals surface area contributed by atoms with Gasteiger partial charge in [0, 0.05) is 23.3 Å². The molecule has 0 saturated heterocycles. The molecule has 0 bridgehead atoms. The maximum absolute atomic E-state index is 12.6. The van der Waals surface area contributed by atoms with E-state index in [1.807, 2.05) is 86.1 Å². The number of nitriles is 1. The van der Waals surface area contributed by atoms with E-state index < -0.39 is 5.91 Å². The molecule has 146 valence electrons. The number of ether oxygens (including phenoxy) is 1. The van der Waals surface area contributed by atoms with Gasteiger partial charge in [0.2, 0.25) is 0 Å². The molecule has 1 amide bonds. The zero-order chi connectivity index (χ0) is 21.0. The molecule has 0 saturated carbocycles. The molecule has 3 aromatic rings. The number of nitrogens with zero attached hydrogens (tertiary/aromatic N) is 2. The van der Waals surface area contributed by atoms with Gasteiger partial charge in [0.05, 0.1) is 7.11 Å². The number of hydrogen-bond donors (Lipinski definition) is 1. The van der Waals surface area contributed by atoms with E-state index in [0.717, 1.165) is 33.8 Å². The van der Waals surface area contributed by atoms with Crippen molar-refractivity contribution in [2.45, 2.75) is 20.8 Å². The van der Waals surface area contributed by atoms with Crippen molar-refractivity contribution in [3.05, 3.63) is 82.7 Å². The Kier molecular flexibility index (Phi) is 5.85. The van der Waals surface area contributed by atoms with Crippen LogP contribution in [0.25, 0.3) is 11.8 Å². The number of carbonyl (C=O) groups excluding carboxylic acids is 1. The number of benzene rings is 2. The lowest BCUT2D eigenvalue weighted by atomic mass is 10.1. The average Bonchev–Trinajstić information content (AvgIpc) is 3.09. The van der Waals surface area contributed by atoms with Crippen molar-refractivity contribution in [1.29, 1.82) is 5.26 Å². The first-order valence-corrected chi connectivity index (χ1v) is 9.25. The number of methoxy groups -OCH3 is 1. The zero-order valence-electron chi connectivity index (χ0n) is 17.0. The predicted octanol–water partition coefficient (Wildman–Crippen LogP) is 4.96. The first-order chi connectivity index (χ1) is 13.9. The van der Waals surface area contributed by atoms with Crippen molar-refractivity contribution in [2.75, 3.05) is 12.4 Å². The minimum Gasteiger partial charge on any atom is -0.497 e. The Balaban J connectivity index is 1.84. The van der Waals surface area contributed by atoms with E-state index >= 15 is 0 Å². The fraction of sp³-hybridized carbons (Fsp3) is 0.167. The van der Waals surface area contributed by atoms with E-state index in [4.69, 9.17) is 4.74 Å². The second kappa shape index (κ2) is 8.49. The molecule has 2 aromatic carbocycles. The summed E-state index contributed by atoms with van der Waals surface area (Å²) in [7, 11) is 1.63. The lowest BCUT2D eigenvalue weighted by Gasteiger charge is -2.07. The third kappa shape index (κ3) is 4.56. The molecule has 0 aliphatic heterocycles. The van der Waals surface area contributed by atoms with Crippen LogP contribution in [-0.4, -0.2) is 17.6 Å². The van der Waals surface area contributed by atoms with Gasteiger partial charge in [0.25, 0.3) is 5.91 Å². The topological polar surface area (TPSA) is 67.0 Å². The van der Waals surface area contributed by atoms with Gasteiger partial charge in [-0.25, -0.2) is 0 Å². The Morgan fingerprint density at radius 2 is 1.79 bits per heavy atom. The molecule has 1 aromatic heterocycles. The monoisotopic (exact) mass is 385 g/mol. The molecule has 29 heavy (non-hydrogen) atoms. The van der Waals surface area contributed by atoms with Crippen molar-refractivity contribution < 1.29 is 9.53 Å². The van der Waals surface area contributed by atoms with Gasteiger partial charge < -0.3 is 14.6 Å². The van der Waals surface area contributed by atoms with Crippen LogP contribution in [0.4, 0.5) is 5.69 Å². The first kappa shape index (κ1) is 20.0. The van der Waals surface area contributed by atoms with Gasteiger partial charge in [0.1, 0.15) is 17.4 Å². The molecule has 0 radical (unpaired) electrons. The number of hydrogen-bond acceptors (Lipinski definition) is 3. The highest BCUT2D eigenvalue weighted by Gasteiger charge is 2.11. The quantitative estimate of drug-likeness (QED) is 0.499. The zero-order valence-corrected chi connectivity index (χ0v) is 17.0. The van der Waals surface area contributed by atoms with E-state index in [1.165, 1.54) is 0 Å². The average molecular weight is 385 g/mol. The summed E-state index contributed by atoms with van der Waals surface area (Å²) < 4.78 is 7.20. The Labute approximate surface area is 170 Å². The standard InChI is InChI=1S/C24H23N3O2/c1-16-5-6-21(11-17(16)2)26-24(28)20(14-25)13-19-12-18(3)27(15-19)22-7-9-23(29-4)10-8-22/h5-13,15H,1-4H3,(H,26,28)/b20-13+. The minimum atomic E-state index is -0.425. The van der Waals surface area contributed by atoms with Crippen LogP contribution in [0.15, 0.2) is 60.3 Å². The van der Waals surface area contributed by atoms with Crippen molar-refractivity contribution in [2.24, 2.45) is 0 Å². The molecule has 1 N–H and O–H groups in total. The van der Waals surface area contributed by atoms with E-state index in [-0.39, 0.29) is 5.57 Å². The largest absolute Gasteiger partial charge is 0.497 e. The van der Waals surface area contributed by atoms with Crippen LogP contribution < -0.4 is 10.1 Å². The van der Waals surface area contributed by atoms with Gasteiger partial charge in [-0.05, 0) is 86.0 Å². The molecule has 0 spiro atoms. The van der Waals surface area contributed by atoms with E-state index in [2.05, 4.69) is 5.32 Å². The SMILES string of the molecule is COc1ccc(-n2cc(/C=C(\C#N)C(=O)Nc3ccc(C)c(C)c3)cc2C)cc1.